The predicted octanol–water partition coefficient (Wildman–Crippen LogP) is 6.03. The Morgan fingerprint density at radius 3 is 2.21 bits per heavy atom. The van der Waals surface area contributed by atoms with Gasteiger partial charge in [0.1, 0.15) is 0 Å². The van der Waals surface area contributed by atoms with E-state index in [4.69, 9.17) is 4.74 Å². The van der Waals surface area contributed by atoms with Gasteiger partial charge in [0.05, 0.1) is 12.2 Å². The molecule has 0 aromatic carbocycles. The Morgan fingerprint density at radius 1 is 0.737 bits per heavy atom. The molecule has 1 heterocycles. The molecule has 112 valence electrons. The van der Waals surface area contributed by atoms with Crippen LogP contribution in [-0.4, -0.2) is 12.2 Å². The molecule has 2 unspecified atom stereocenters. The molecule has 1 aliphatic heterocycles. The first-order chi connectivity index (χ1) is 9.38. The molecule has 0 bridgehead atoms. The van der Waals surface area contributed by atoms with Gasteiger partial charge in [-0.3, -0.25) is 0 Å². The minimum absolute atomic E-state index is 0.553. The lowest BCUT2D eigenvalue weighted by atomic mass is 10.1. The fraction of sp³-hybridized carbons (Fsp3) is 0.889. The highest BCUT2D eigenvalue weighted by Crippen LogP contribution is 2.30. The van der Waals surface area contributed by atoms with E-state index in [2.05, 4.69) is 26.0 Å². The second kappa shape index (κ2) is 11.5. The van der Waals surface area contributed by atoms with Crippen LogP contribution < -0.4 is 0 Å². The number of ether oxygens (including phenoxy) is 1. The molecule has 0 spiro atoms. The van der Waals surface area contributed by atoms with Crippen LogP contribution >= 0.6 is 0 Å². The summed E-state index contributed by atoms with van der Waals surface area (Å²) in [4.78, 5) is 0. The standard InChI is InChI=1S/C18H34O/c1-3-5-7-8-9-10-11-12-14-16-18-17(19-18)15-13-6-4-2/h12,14,17-18H,3-11,13,15-16H2,1-2H3/b14-12-. The van der Waals surface area contributed by atoms with Gasteiger partial charge < -0.3 is 4.74 Å². The Morgan fingerprint density at radius 2 is 1.42 bits per heavy atom. The van der Waals surface area contributed by atoms with E-state index in [1.54, 1.807) is 0 Å². The average molecular weight is 266 g/mol. The minimum atomic E-state index is 0.553. The van der Waals surface area contributed by atoms with Crippen molar-refractivity contribution < 1.29 is 4.74 Å². The molecule has 2 atom stereocenters. The summed E-state index contributed by atoms with van der Waals surface area (Å²) in [7, 11) is 0. The van der Waals surface area contributed by atoms with E-state index in [0.29, 0.717) is 12.2 Å². The lowest BCUT2D eigenvalue weighted by Crippen LogP contribution is -1.92. The highest BCUT2D eigenvalue weighted by molar-refractivity contribution is 4.93. The van der Waals surface area contributed by atoms with Crippen LogP contribution in [0.25, 0.3) is 0 Å². The summed E-state index contributed by atoms with van der Waals surface area (Å²) >= 11 is 0. The zero-order valence-electron chi connectivity index (χ0n) is 13.2. The molecule has 0 amide bonds. The van der Waals surface area contributed by atoms with Crippen LogP contribution in [0, 0.1) is 0 Å². The summed E-state index contributed by atoms with van der Waals surface area (Å²) in [5.74, 6) is 0. The molecule has 0 aromatic heterocycles. The highest BCUT2D eigenvalue weighted by atomic mass is 16.6. The van der Waals surface area contributed by atoms with E-state index in [9.17, 15) is 0 Å². The fourth-order valence-electron chi connectivity index (χ4n) is 2.63. The topological polar surface area (TPSA) is 12.5 Å². The van der Waals surface area contributed by atoms with Crippen LogP contribution in [0.4, 0.5) is 0 Å². The summed E-state index contributed by atoms with van der Waals surface area (Å²) in [6.45, 7) is 4.54. The Labute approximate surface area is 120 Å². The van der Waals surface area contributed by atoms with Crippen molar-refractivity contribution in [3.8, 4) is 0 Å². The van der Waals surface area contributed by atoms with Gasteiger partial charge in [0.25, 0.3) is 0 Å². The molecule has 1 rings (SSSR count). The normalized spacial score (nSPS) is 22.2. The molecule has 0 aromatic rings. The van der Waals surface area contributed by atoms with Crippen molar-refractivity contribution in [1.29, 1.82) is 0 Å². The maximum absolute atomic E-state index is 5.68. The lowest BCUT2D eigenvalue weighted by molar-refractivity contribution is 0.359. The zero-order chi connectivity index (χ0) is 13.8. The Bertz CT molecular complexity index is 222. The SMILES string of the molecule is CCCCCCCC/C=C\CC1OC1CCCCC. The van der Waals surface area contributed by atoms with Gasteiger partial charge in [-0.2, -0.15) is 0 Å². The Hall–Kier alpha value is -0.300. The van der Waals surface area contributed by atoms with E-state index in [1.165, 1.54) is 70.6 Å². The average Bonchev–Trinajstić information content (AvgIpc) is 3.16. The van der Waals surface area contributed by atoms with Crippen molar-refractivity contribution in [1.82, 2.24) is 0 Å². The zero-order valence-corrected chi connectivity index (χ0v) is 13.2. The van der Waals surface area contributed by atoms with E-state index >= 15 is 0 Å². The first kappa shape index (κ1) is 16.8. The smallest absolute Gasteiger partial charge is 0.0876 e. The van der Waals surface area contributed by atoms with Gasteiger partial charge in [0, 0.05) is 0 Å². The predicted molar refractivity (Wildman–Crippen MR) is 84.6 cm³/mol. The van der Waals surface area contributed by atoms with Gasteiger partial charge in [-0.05, 0) is 25.7 Å². The van der Waals surface area contributed by atoms with Crippen LogP contribution in [0.15, 0.2) is 12.2 Å². The molecule has 0 aliphatic carbocycles. The van der Waals surface area contributed by atoms with Gasteiger partial charge in [-0.25, -0.2) is 0 Å². The van der Waals surface area contributed by atoms with Gasteiger partial charge in [-0.1, -0.05) is 77.4 Å². The van der Waals surface area contributed by atoms with Crippen molar-refractivity contribution in [2.75, 3.05) is 0 Å². The van der Waals surface area contributed by atoms with Crippen molar-refractivity contribution in [3.63, 3.8) is 0 Å². The summed E-state index contributed by atoms with van der Waals surface area (Å²) in [5, 5.41) is 0. The molecule has 0 N–H and O–H groups in total. The molecule has 0 radical (unpaired) electrons. The molecule has 19 heavy (non-hydrogen) atoms. The quantitative estimate of drug-likeness (QED) is 0.225. The van der Waals surface area contributed by atoms with E-state index in [-0.39, 0.29) is 0 Å². The van der Waals surface area contributed by atoms with E-state index in [1.807, 2.05) is 0 Å². The highest BCUT2D eigenvalue weighted by Gasteiger charge is 2.36. The molecule has 1 nitrogen and oxygen atoms in total. The maximum Gasteiger partial charge on any atom is 0.0876 e. The Balaban J connectivity index is 1.81. The van der Waals surface area contributed by atoms with Gasteiger partial charge in [0.2, 0.25) is 0 Å². The van der Waals surface area contributed by atoms with Gasteiger partial charge >= 0.3 is 0 Å². The number of allylic oxidation sites excluding steroid dienone is 1. The van der Waals surface area contributed by atoms with Crippen molar-refractivity contribution >= 4 is 0 Å². The molecule has 1 fully saturated rings. The Kier molecular flexibility index (Phi) is 10.2. The fourth-order valence-corrected chi connectivity index (χ4v) is 2.63. The summed E-state index contributed by atoms with van der Waals surface area (Å²) < 4.78 is 5.68. The van der Waals surface area contributed by atoms with Crippen molar-refractivity contribution in [2.24, 2.45) is 0 Å². The van der Waals surface area contributed by atoms with Crippen LogP contribution in [0.3, 0.4) is 0 Å². The van der Waals surface area contributed by atoms with Crippen molar-refractivity contribution in [2.45, 2.75) is 103 Å². The van der Waals surface area contributed by atoms with Crippen molar-refractivity contribution in [3.05, 3.63) is 12.2 Å². The van der Waals surface area contributed by atoms with Crippen LogP contribution in [-0.2, 0) is 4.74 Å². The maximum atomic E-state index is 5.68. The number of hydrogen-bond donors (Lipinski definition) is 0. The lowest BCUT2D eigenvalue weighted by Gasteiger charge is -1.97. The second-order valence-electron chi connectivity index (χ2n) is 5.97. The van der Waals surface area contributed by atoms with Crippen LogP contribution in [0.1, 0.15) is 90.9 Å². The molecular formula is C18H34O. The number of epoxide rings is 1. The number of rotatable bonds is 13. The number of unbranched alkanes of at least 4 members (excludes halogenated alkanes) is 8. The minimum Gasteiger partial charge on any atom is -0.369 e. The van der Waals surface area contributed by atoms with Gasteiger partial charge in [-0.15, -0.1) is 0 Å². The van der Waals surface area contributed by atoms with Crippen LogP contribution in [0.2, 0.25) is 0 Å². The van der Waals surface area contributed by atoms with Gasteiger partial charge in [0.15, 0.2) is 0 Å². The third-order valence-corrected chi connectivity index (χ3v) is 4.04. The summed E-state index contributed by atoms with van der Waals surface area (Å²) in [6.07, 6.45) is 21.9. The molecule has 1 aliphatic rings. The number of hydrogen-bond acceptors (Lipinski definition) is 1. The van der Waals surface area contributed by atoms with Crippen LogP contribution in [0.5, 0.6) is 0 Å². The monoisotopic (exact) mass is 266 g/mol. The van der Waals surface area contributed by atoms with E-state index < -0.39 is 0 Å². The largest absolute Gasteiger partial charge is 0.369 e. The molecule has 1 heteroatoms. The molecular weight excluding hydrogens is 232 g/mol. The third-order valence-electron chi connectivity index (χ3n) is 4.04. The second-order valence-corrected chi connectivity index (χ2v) is 5.97. The summed E-state index contributed by atoms with van der Waals surface area (Å²) in [6, 6.07) is 0. The first-order valence-electron chi connectivity index (χ1n) is 8.69. The molecule has 1 saturated heterocycles. The third kappa shape index (κ3) is 9.27. The summed E-state index contributed by atoms with van der Waals surface area (Å²) in [5.41, 5.74) is 0. The van der Waals surface area contributed by atoms with E-state index in [0.717, 1.165) is 6.42 Å². The first-order valence-corrected chi connectivity index (χ1v) is 8.69. The molecule has 0 saturated carbocycles.